The molecule has 24 heavy (non-hydrogen) atoms. The van der Waals surface area contributed by atoms with Crippen LogP contribution in [0.1, 0.15) is 22.8 Å². The van der Waals surface area contributed by atoms with Crippen LogP contribution in [-0.2, 0) is 9.53 Å². The molecule has 0 bridgehead atoms. The first-order valence-electron chi connectivity index (χ1n) is 7.46. The van der Waals surface area contributed by atoms with Gasteiger partial charge in [-0.05, 0) is 43.7 Å². The largest absolute Gasteiger partial charge is 0.483 e. The predicted molar refractivity (Wildman–Crippen MR) is 92.7 cm³/mol. The Bertz CT molecular complexity index is 746. The van der Waals surface area contributed by atoms with Crippen molar-refractivity contribution < 1.29 is 19.1 Å². The number of hydrogen-bond donors (Lipinski definition) is 1. The maximum absolute atomic E-state index is 12.0. The summed E-state index contributed by atoms with van der Waals surface area (Å²) in [6.45, 7) is 3.65. The maximum atomic E-state index is 12.0. The van der Waals surface area contributed by atoms with Crippen LogP contribution in [0.3, 0.4) is 0 Å². The molecule has 0 radical (unpaired) electrons. The van der Waals surface area contributed by atoms with E-state index in [1.807, 2.05) is 13.0 Å². The predicted octanol–water partition coefficient (Wildman–Crippen LogP) is 3.84. The fourth-order valence-corrected chi connectivity index (χ4v) is 2.30. The molecule has 0 saturated heterocycles. The first-order chi connectivity index (χ1) is 11.5. The van der Waals surface area contributed by atoms with Gasteiger partial charge in [-0.2, -0.15) is 0 Å². The van der Waals surface area contributed by atoms with E-state index in [-0.39, 0.29) is 24.7 Å². The molecule has 126 valence electrons. The summed E-state index contributed by atoms with van der Waals surface area (Å²) in [5, 5.41) is 3.12. The third-order valence-corrected chi connectivity index (χ3v) is 3.45. The number of halogens is 1. The highest BCUT2D eigenvalue weighted by Gasteiger charge is 2.14. The van der Waals surface area contributed by atoms with Crippen molar-refractivity contribution in [3.05, 3.63) is 58.6 Å². The fraction of sp³-hybridized carbons (Fsp3) is 0.222. The van der Waals surface area contributed by atoms with Crippen LogP contribution in [0.15, 0.2) is 42.5 Å². The summed E-state index contributed by atoms with van der Waals surface area (Å²) in [5.41, 5.74) is 1.78. The molecule has 2 rings (SSSR count). The molecule has 1 amide bonds. The standard InChI is InChI=1S/C18H18ClNO4/c1-3-23-18(22)13-6-4-5-7-16(13)24-11-17(21)20-15-9-8-12(2)10-14(15)19/h4-10H,3,11H2,1-2H3,(H,20,21). The Balaban J connectivity index is 2.00. The van der Waals surface area contributed by atoms with Crippen molar-refractivity contribution in [2.24, 2.45) is 0 Å². The van der Waals surface area contributed by atoms with Gasteiger partial charge in [-0.25, -0.2) is 4.79 Å². The summed E-state index contributed by atoms with van der Waals surface area (Å²) in [7, 11) is 0. The number of para-hydroxylation sites is 1. The van der Waals surface area contributed by atoms with Crippen LogP contribution in [0.25, 0.3) is 0 Å². The van der Waals surface area contributed by atoms with Crippen LogP contribution in [0.5, 0.6) is 5.75 Å². The van der Waals surface area contributed by atoms with Crippen LogP contribution in [-0.4, -0.2) is 25.1 Å². The third kappa shape index (κ3) is 4.73. The number of carbonyl (C=O) groups is 2. The third-order valence-electron chi connectivity index (χ3n) is 3.14. The molecule has 0 aliphatic carbocycles. The minimum absolute atomic E-state index is 0.249. The number of hydrogen-bond acceptors (Lipinski definition) is 4. The highest BCUT2D eigenvalue weighted by Crippen LogP contribution is 2.23. The van der Waals surface area contributed by atoms with E-state index in [0.717, 1.165) is 5.56 Å². The van der Waals surface area contributed by atoms with E-state index in [4.69, 9.17) is 21.1 Å². The van der Waals surface area contributed by atoms with Gasteiger partial charge in [0.1, 0.15) is 11.3 Å². The Kier molecular flexibility index (Phi) is 6.21. The average molecular weight is 348 g/mol. The minimum atomic E-state index is -0.491. The fourth-order valence-electron chi connectivity index (χ4n) is 2.02. The lowest BCUT2D eigenvalue weighted by Crippen LogP contribution is -2.21. The SMILES string of the molecule is CCOC(=O)c1ccccc1OCC(=O)Nc1ccc(C)cc1Cl. The second-order valence-corrected chi connectivity index (χ2v) is 5.44. The molecule has 0 heterocycles. The topological polar surface area (TPSA) is 64.6 Å². The molecular formula is C18H18ClNO4. The number of amides is 1. The van der Waals surface area contributed by atoms with E-state index in [9.17, 15) is 9.59 Å². The number of esters is 1. The highest BCUT2D eigenvalue weighted by atomic mass is 35.5. The molecule has 5 nitrogen and oxygen atoms in total. The van der Waals surface area contributed by atoms with Gasteiger partial charge in [0.2, 0.25) is 0 Å². The van der Waals surface area contributed by atoms with Gasteiger partial charge in [-0.1, -0.05) is 29.8 Å². The van der Waals surface area contributed by atoms with Gasteiger partial charge in [0.15, 0.2) is 6.61 Å². The second-order valence-electron chi connectivity index (χ2n) is 5.04. The van der Waals surface area contributed by atoms with Crippen molar-refractivity contribution in [2.45, 2.75) is 13.8 Å². The molecule has 1 N–H and O–H groups in total. The summed E-state index contributed by atoms with van der Waals surface area (Å²) in [6.07, 6.45) is 0. The molecule has 0 fully saturated rings. The molecule has 0 atom stereocenters. The quantitative estimate of drug-likeness (QED) is 0.806. The summed E-state index contributed by atoms with van der Waals surface area (Å²) in [6, 6.07) is 11.9. The van der Waals surface area contributed by atoms with Gasteiger partial charge in [0, 0.05) is 0 Å². The van der Waals surface area contributed by atoms with Crippen LogP contribution in [0.4, 0.5) is 5.69 Å². The molecule has 0 unspecified atom stereocenters. The molecular weight excluding hydrogens is 330 g/mol. The Morgan fingerprint density at radius 2 is 1.92 bits per heavy atom. The van der Waals surface area contributed by atoms with Crippen molar-refractivity contribution in [3.8, 4) is 5.75 Å². The van der Waals surface area contributed by atoms with Crippen molar-refractivity contribution >= 4 is 29.2 Å². The zero-order chi connectivity index (χ0) is 17.5. The molecule has 0 aromatic heterocycles. The van der Waals surface area contributed by atoms with Crippen molar-refractivity contribution in [1.29, 1.82) is 0 Å². The molecule has 2 aromatic rings. The van der Waals surface area contributed by atoms with E-state index in [1.165, 1.54) is 0 Å². The normalized spacial score (nSPS) is 10.1. The Morgan fingerprint density at radius 1 is 1.17 bits per heavy atom. The minimum Gasteiger partial charge on any atom is -0.483 e. The number of carbonyl (C=O) groups excluding carboxylic acids is 2. The monoisotopic (exact) mass is 347 g/mol. The Morgan fingerprint density at radius 3 is 2.62 bits per heavy atom. The number of anilines is 1. The molecule has 0 aliphatic rings. The molecule has 0 spiro atoms. The number of rotatable bonds is 6. The van der Waals surface area contributed by atoms with Crippen LogP contribution < -0.4 is 10.1 Å². The van der Waals surface area contributed by atoms with E-state index >= 15 is 0 Å². The Hall–Kier alpha value is -2.53. The van der Waals surface area contributed by atoms with Gasteiger partial charge < -0.3 is 14.8 Å². The number of aryl methyl sites for hydroxylation is 1. The molecule has 2 aromatic carbocycles. The van der Waals surface area contributed by atoms with Gasteiger partial charge in [0.25, 0.3) is 5.91 Å². The van der Waals surface area contributed by atoms with E-state index in [2.05, 4.69) is 5.32 Å². The van der Waals surface area contributed by atoms with Gasteiger partial charge >= 0.3 is 5.97 Å². The summed E-state index contributed by atoms with van der Waals surface area (Å²) >= 11 is 6.08. The average Bonchev–Trinajstić information content (AvgIpc) is 2.56. The van der Waals surface area contributed by atoms with Crippen molar-refractivity contribution in [2.75, 3.05) is 18.5 Å². The summed E-state index contributed by atoms with van der Waals surface area (Å²) in [5.74, 6) is -0.574. The molecule has 0 saturated carbocycles. The summed E-state index contributed by atoms with van der Waals surface area (Å²) < 4.78 is 10.4. The summed E-state index contributed by atoms with van der Waals surface area (Å²) in [4.78, 5) is 23.9. The first-order valence-corrected chi connectivity index (χ1v) is 7.84. The van der Waals surface area contributed by atoms with Crippen molar-refractivity contribution in [1.82, 2.24) is 0 Å². The van der Waals surface area contributed by atoms with Gasteiger partial charge in [-0.15, -0.1) is 0 Å². The lowest BCUT2D eigenvalue weighted by Gasteiger charge is -2.11. The van der Waals surface area contributed by atoms with E-state index in [1.54, 1.807) is 43.3 Å². The number of benzene rings is 2. The molecule has 6 heteroatoms. The zero-order valence-corrected chi connectivity index (χ0v) is 14.2. The van der Waals surface area contributed by atoms with E-state index < -0.39 is 5.97 Å². The number of nitrogens with one attached hydrogen (secondary N) is 1. The Labute approximate surface area is 145 Å². The van der Waals surface area contributed by atoms with Gasteiger partial charge in [-0.3, -0.25) is 4.79 Å². The second kappa shape index (κ2) is 8.36. The zero-order valence-electron chi connectivity index (χ0n) is 13.5. The lowest BCUT2D eigenvalue weighted by atomic mass is 10.2. The van der Waals surface area contributed by atoms with Crippen molar-refractivity contribution in [3.63, 3.8) is 0 Å². The van der Waals surface area contributed by atoms with E-state index in [0.29, 0.717) is 16.5 Å². The number of ether oxygens (including phenoxy) is 2. The van der Waals surface area contributed by atoms with Crippen LogP contribution >= 0.6 is 11.6 Å². The molecule has 0 aliphatic heterocycles. The van der Waals surface area contributed by atoms with Gasteiger partial charge in [0.05, 0.1) is 17.3 Å². The van der Waals surface area contributed by atoms with Crippen LogP contribution in [0.2, 0.25) is 5.02 Å². The lowest BCUT2D eigenvalue weighted by molar-refractivity contribution is -0.118. The van der Waals surface area contributed by atoms with Crippen LogP contribution in [0, 0.1) is 6.92 Å². The first kappa shape index (κ1) is 17.8. The highest BCUT2D eigenvalue weighted by molar-refractivity contribution is 6.33. The smallest absolute Gasteiger partial charge is 0.341 e. The maximum Gasteiger partial charge on any atom is 0.341 e.